The lowest BCUT2D eigenvalue weighted by Crippen LogP contribution is -2.27. The van der Waals surface area contributed by atoms with E-state index in [1.165, 1.54) is 0 Å². The van der Waals surface area contributed by atoms with Crippen molar-refractivity contribution in [3.8, 4) is 0 Å². The predicted octanol–water partition coefficient (Wildman–Crippen LogP) is 0.581. The van der Waals surface area contributed by atoms with Crippen LogP contribution in [0.25, 0.3) is 0 Å². The summed E-state index contributed by atoms with van der Waals surface area (Å²) in [5, 5.41) is 8.92. The number of hydrogen-bond acceptors (Lipinski definition) is 2. The molecule has 5 nitrogen and oxygen atoms in total. The van der Waals surface area contributed by atoms with Crippen LogP contribution < -0.4 is 4.72 Å². The van der Waals surface area contributed by atoms with Crippen molar-refractivity contribution in [1.82, 2.24) is 4.72 Å². The lowest BCUT2D eigenvalue weighted by atomic mass is 10.00. The summed E-state index contributed by atoms with van der Waals surface area (Å²) >= 11 is -2.19. The molecule has 1 aromatic rings. The van der Waals surface area contributed by atoms with Gasteiger partial charge in [0.05, 0.1) is 5.92 Å². The Bertz CT molecular complexity index is 354. The monoisotopic (exact) mass is 229 g/mol. The molecule has 0 aliphatic carbocycles. The summed E-state index contributed by atoms with van der Waals surface area (Å²) in [5.74, 6) is -1.85. The van der Waals surface area contributed by atoms with Crippen molar-refractivity contribution in [2.24, 2.45) is 0 Å². The van der Waals surface area contributed by atoms with Gasteiger partial charge in [-0.15, -0.1) is 0 Å². The van der Waals surface area contributed by atoms with E-state index in [4.69, 9.17) is 9.66 Å². The van der Waals surface area contributed by atoms with Crippen molar-refractivity contribution in [2.75, 3.05) is 6.54 Å². The van der Waals surface area contributed by atoms with E-state index < -0.39 is 23.2 Å². The molecule has 82 valence electrons. The van der Waals surface area contributed by atoms with E-state index in [-0.39, 0.29) is 6.54 Å². The number of benzene rings is 1. The highest BCUT2D eigenvalue weighted by Gasteiger charge is 2.19. The predicted molar refractivity (Wildman–Crippen MR) is 55.6 cm³/mol. The zero-order chi connectivity index (χ0) is 11.3. The van der Waals surface area contributed by atoms with Crippen LogP contribution in [0.2, 0.25) is 0 Å². The third-order valence-electron chi connectivity index (χ3n) is 1.91. The zero-order valence-corrected chi connectivity index (χ0v) is 8.61. The third-order valence-corrected chi connectivity index (χ3v) is 2.32. The smallest absolute Gasteiger partial charge is 0.312 e. The summed E-state index contributed by atoms with van der Waals surface area (Å²) in [4.78, 5) is 10.9. The van der Waals surface area contributed by atoms with E-state index in [1.807, 2.05) is 0 Å². The molecule has 0 bridgehead atoms. The summed E-state index contributed by atoms with van der Waals surface area (Å²) in [7, 11) is 0. The molecule has 0 saturated heterocycles. The van der Waals surface area contributed by atoms with Crippen molar-refractivity contribution in [1.29, 1.82) is 0 Å². The summed E-state index contributed by atoms with van der Waals surface area (Å²) in [6.45, 7) is -0.0809. The molecule has 0 saturated carbocycles. The lowest BCUT2D eigenvalue weighted by molar-refractivity contribution is -0.138. The molecule has 1 rings (SSSR count). The topological polar surface area (TPSA) is 86.6 Å². The van der Waals surface area contributed by atoms with Gasteiger partial charge in [0, 0.05) is 6.54 Å². The number of carboxylic acids is 1. The highest BCUT2D eigenvalue weighted by molar-refractivity contribution is 7.77. The van der Waals surface area contributed by atoms with Crippen molar-refractivity contribution in [3.63, 3.8) is 0 Å². The molecular formula is C9H11NO4S. The molecule has 0 spiro atoms. The van der Waals surface area contributed by atoms with Gasteiger partial charge in [0.2, 0.25) is 11.3 Å². The molecule has 0 aliphatic rings. The Morgan fingerprint density at radius 1 is 1.40 bits per heavy atom. The van der Waals surface area contributed by atoms with Crippen LogP contribution in [-0.4, -0.2) is 26.4 Å². The van der Waals surface area contributed by atoms with Gasteiger partial charge in [-0.1, -0.05) is 30.3 Å². The van der Waals surface area contributed by atoms with Gasteiger partial charge in [0.1, 0.15) is 0 Å². The van der Waals surface area contributed by atoms with Crippen LogP contribution in [-0.2, 0) is 16.1 Å². The van der Waals surface area contributed by atoms with Crippen LogP contribution in [0.4, 0.5) is 0 Å². The molecule has 0 aliphatic heterocycles. The van der Waals surface area contributed by atoms with E-state index in [1.54, 1.807) is 30.3 Å². The molecule has 1 aromatic carbocycles. The van der Waals surface area contributed by atoms with Crippen LogP contribution in [0.5, 0.6) is 0 Å². The second-order valence-electron chi connectivity index (χ2n) is 2.90. The van der Waals surface area contributed by atoms with E-state index in [9.17, 15) is 9.00 Å². The molecule has 1 unspecified atom stereocenters. The number of hydrogen-bond donors (Lipinski definition) is 3. The van der Waals surface area contributed by atoms with E-state index in [0.29, 0.717) is 5.56 Å². The van der Waals surface area contributed by atoms with Crippen LogP contribution in [0.1, 0.15) is 11.5 Å². The molecule has 0 radical (unpaired) electrons. The van der Waals surface area contributed by atoms with Gasteiger partial charge in [-0.3, -0.25) is 9.35 Å². The lowest BCUT2D eigenvalue weighted by Gasteiger charge is -2.11. The fraction of sp³-hybridized carbons (Fsp3) is 0.222. The van der Waals surface area contributed by atoms with Crippen LogP contribution >= 0.6 is 0 Å². The standard InChI is InChI=1S/C9H11NO4S/c11-9(12)8(6-10-15(13)14)7-4-2-1-3-5-7/h1-5,8,10H,6H2,(H,11,12)(H,13,14)/t8-/m1/s1. The Morgan fingerprint density at radius 3 is 2.47 bits per heavy atom. The Balaban J connectivity index is 2.75. The minimum atomic E-state index is -2.19. The van der Waals surface area contributed by atoms with Crippen LogP contribution in [0.3, 0.4) is 0 Å². The zero-order valence-electron chi connectivity index (χ0n) is 7.79. The van der Waals surface area contributed by atoms with E-state index in [2.05, 4.69) is 4.72 Å². The maximum atomic E-state index is 10.9. The Labute approximate surface area is 89.5 Å². The maximum absolute atomic E-state index is 10.9. The van der Waals surface area contributed by atoms with Gasteiger partial charge >= 0.3 is 5.97 Å². The first-order valence-corrected chi connectivity index (χ1v) is 5.34. The van der Waals surface area contributed by atoms with Gasteiger partial charge in [-0.05, 0) is 5.56 Å². The van der Waals surface area contributed by atoms with Crippen LogP contribution in [0.15, 0.2) is 30.3 Å². The number of rotatable bonds is 5. The SMILES string of the molecule is O=C(O)[C@H](CNS(=O)O)c1ccccc1. The van der Waals surface area contributed by atoms with Crippen molar-refractivity contribution < 1.29 is 18.7 Å². The van der Waals surface area contributed by atoms with Crippen molar-refractivity contribution >= 4 is 17.2 Å². The summed E-state index contributed by atoms with van der Waals surface area (Å²) in [6, 6.07) is 8.56. The molecule has 6 heteroatoms. The second kappa shape index (κ2) is 5.59. The highest BCUT2D eigenvalue weighted by atomic mass is 32.2. The molecule has 15 heavy (non-hydrogen) atoms. The number of carbonyl (C=O) groups is 1. The average Bonchev–Trinajstić information content (AvgIpc) is 2.18. The minimum absolute atomic E-state index is 0.0809. The first-order valence-electron chi connectivity index (χ1n) is 4.23. The van der Waals surface area contributed by atoms with Gasteiger partial charge < -0.3 is 5.11 Å². The fourth-order valence-corrected chi connectivity index (χ4v) is 1.50. The first kappa shape index (κ1) is 11.8. The average molecular weight is 229 g/mol. The molecule has 2 atom stereocenters. The van der Waals surface area contributed by atoms with E-state index >= 15 is 0 Å². The number of nitrogens with one attached hydrogen (secondary N) is 1. The van der Waals surface area contributed by atoms with Gasteiger partial charge in [-0.2, -0.15) is 0 Å². The number of aliphatic carboxylic acids is 1. The maximum Gasteiger partial charge on any atom is 0.312 e. The summed E-state index contributed by atoms with van der Waals surface area (Å²) < 4.78 is 21.0. The molecule has 0 fully saturated rings. The Kier molecular flexibility index (Phi) is 4.41. The second-order valence-corrected chi connectivity index (χ2v) is 3.69. The minimum Gasteiger partial charge on any atom is -0.481 e. The summed E-state index contributed by atoms with van der Waals surface area (Å²) in [5.41, 5.74) is 0.600. The van der Waals surface area contributed by atoms with Gasteiger partial charge in [0.25, 0.3) is 0 Å². The largest absolute Gasteiger partial charge is 0.481 e. The molecular weight excluding hydrogens is 218 g/mol. The Hall–Kier alpha value is -1.24. The molecule has 3 N–H and O–H groups in total. The third kappa shape index (κ3) is 3.78. The quantitative estimate of drug-likeness (QED) is 0.645. The number of carboxylic acid groups (broad SMARTS) is 1. The summed E-state index contributed by atoms with van der Waals surface area (Å²) in [6.07, 6.45) is 0. The van der Waals surface area contributed by atoms with Crippen molar-refractivity contribution in [2.45, 2.75) is 5.92 Å². The van der Waals surface area contributed by atoms with Gasteiger partial charge in [-0.25, -0.2) is 8.93 Å². The van der Waals surface area contributed by atoms with E-state index in [0.717, 1.165) is 0 Å². The highest BCUT2D eigenvalue weighted by Crippen LogP contribution is 2.14. The molecule has 0 heterocycles. The van der Waals surface area contributed by atoms with Gasteiger partial charge in [0.15, 0.2) is 0 Å². The fourth-order valence-electron chi connectivity index (χ4n) is 1.19. The first-order chi connectivity index (χ1) is 7.11. The van der Waals surface area contributed by atoms with Crippen molar-refractivity contribution in [3.05, 3.63) is 35.9 Å². The molecule has 0 amide bonds. The normalized spacial score (nSPS) is 14.5. The molecule has 0 aromatic heterocycles. The van der Waals surface area contributed by atoms with Crippen LogP contribution in [0, 0.1) is 0 Å². The Morgan fingerprint density at radius 2 is 2.00 bits per heavy atom.